The third-order valence-corrected chi connectivity index (χ3v) is 2.87. The second-order valence-corrected chi connectivity index (χ2v) is 4.33. The molecule has 7 heteroatoms. The molecule has 0 aromatic carbocycles. The minimum Gasteiger partial charge on any atom is -0.550 e. The summed E-state index contributed by atoms with van der Waals surface area (Å²) in [7, 11) is 0. The summed E-state index contributed by atoms with van der Waals surface area (Å²) in [4.78, 5) is 18.7. The largest absolute Gasteiger partial charge is 0.550 e. The third-order valence-electron chi connectivity index (χ3n) is 2.49. The van der Waals surface area contributed by atoms with E-state index in [-0.39, 0.29) is 13.0 Å². The van der Waals surface area contributed by atoms with Crippen LogP contribution in [0.15, 0.2) is 24.7 Å². The van der Waals surface area contributed by atoms with Crippen molar-refractivity contribution in [2.24, 2.45) is 0 Å². The number of nitrogens with zero attached hydrogens (tertiary/aromatic N) is 4. The number of aromatic nitrogens is 4. The normalized spacial score (nSPS) is 10.4. The van der Waals surface area contributed by atoms with Crippen LogP contribution in [-0.4, -0.2) is 21.0 Å². The molecule has 0 spiro atoms. The molecule has 19 heavy (non-hydrogen) atoms. The first-order valence-corrected chi connectivity index (χ1v) is 5.99. The van der Waals surface area contributed by atoms with Crippen molar-refractivity contribution < 1.29 is 14.6 Å². The molecule has 0 aliphatic rings. The summed E-state index contributed by atoms with van der Waals surface area (Å²) in [5.41, 5.74) is 1.44. The number of carboxylic acid groups (broad SMARTS) is 1. The summed E-state index contributed by atoms with van der Waals surface area (Å²) >= 11 is 5.86. The Bertz CT molecular complexity index is 601. The number of rotatable bonds is 4. The van der Waals surface area contributed by atoms with Crippen LogP contribution in [0.4, 0.5) is 0 Å². The highest BCUT2D eigenvalue weighted by atomic mass is 35.5. The van der Waals surface area contributed by atoms with E-state index in [2.05, 4.69) is 15.1 Å². The van der Waals surface area contributed by atoms with Crippen LogP contribution >= 0.6 is 11.6 Å². The van der Waals surface area contributed by atoms with Crippen LogP contribution in [0.1, 0.15) is 12.1 Å². The number of carbonyl (C=O) groups is 1. The monoisotopic (exact) mass is 278 g/mol. The summed E-state index contributed by atoms with van der Waals surface area (Å²) in [6.45, 7) is 2.06. The maximum absolute atomic E-state index is 10.3. The molecule has 0 bridgehead atoms. The molecule has 0 N–H and O–H groups in total. The lowest BCUT2D eigenvalue weighted by Gasteiger charge is -2.01. The molecule has 0 atom stereocenters. The Morgan fingerprint density at radius 3 is 2.84 bits per heavy atom. The van der Waals surface area contributed by atoms with E-state index in [0.717, 1.165) is 5.56 Å². The van der Waals surface area contributed by atoms with Crippen molar-refractivity contribution >= 4 is 17.6 Å². The molecule has 2 aromatic heterocycles. The number of hydrogen-bond acceptors (Lipinski definition) is 5. The van der Waals surface area contributed by atoms with E-state index < -0.39 is 5.97 Å². The first kappa shape index (κ1) is 13.4. The van der Waals surface area contributed by atoms with E-state index in [1.54, 1.807) is 25.4 Å². The molecule has 2 aromatic rings. The van der Waals surface area contributed by atoms with Gasteiger partial charge in [0.15, 0.2) is 18.6 Å². The Morgan fingerprint density at radius 1 is 1.47 bits per heavy atom. The van der Waals surface area contributed by atoms with Crippen molar-refractivity contribution in [1.29, 1.82) is 0 Å². The number of aryl methyl sites for hydroxylation is 2. The fourth-order valence-electron chi connectivity index (χ4n) is 1.45. The lowest BCUT2D eigenvalue weighted by Crippen LogP contribution is -2.40. The topological polar surface area (TPSA) is 82.7 Å². The number of hydrogen-bond donors (Lipinski definition) is 0. The van der Waals surface area contributed by atoms with Gasteiger partial charge in [0.25, 0.3) is 0 Å². The first-order valence-electron chi connectivity index (χ1n) is 5.61. The molecule has 98 valence electrons. The lowest BCUT2D eigenvalue weighted by molar-refractivity contribution is -0.753. The van der Waals surface area contributed by atoms with Crippen molar-refractivity contribution in [2.45, 2.75) is 19.9 Å². The number of carboxylic acids is 1. The van der Waals surface area contributed by atoms with Gasteiger partial charge in [-0.05, 0) is 12.0 Å². The van der Waals surface area contributed by atoms with Crippen LogP contribution < -0.4 is 9.79 Å². The fraction of sp³-hybridized carbons (Fsp3) is 0.250. The second kappa shape index (κ2) is 5.71. The van der Waals surface area contributed by atoms with E-state index in [0.29, 0.717) is 16.5 Å². The Hall–Kier alpha value is -2.08. The van der Waals surface area contributed by atoms with Gasteiger partial charge in [-0.15, -0.1) is 0 Å². The summed E-state index contributed by atoms with van der Waals surface area (Å²) < 4.78 is 1.52. The van der Waals surface area contributed by atoms with E-state index in [9.17, 15) is 9.90 Å². The molecule has 0 fully saturated rings. The zero-order valence-electron chi connectivity index (χ0n) is 10.2. The van der Waals surface area contributed by atoms with Crippen molar-refractivity contribution in [3.63, 3.8) is 0 Å². The maximum atomic E-state index is 10.3. The minimum absolute atomic E-state index is 0.0758. The summed E-state index contributed by atoms with van der Waals surface area (Å²) in [5, 5.41) is 14.9. The van der Waals surface area contributed by atoms with Crippen LogP contribution in [0.3, 0.4) is 0 Å². The number of aliphatic carboxylic acids is 1. The van der Waals surface area contributed by atoms with Gasteiger partial charge >= 0.3 is 0 Å². The van der Waals surface area contributed by atoms with Gasteiger partial charge in [0, 0.05) is 30.2 Å². The molecule has 0 saturated carbocycles. The van der Waals surface area contributed by atoms with Gasteiger partial charge in [-0.2, -0.15) is 0 Å². The molecule has 6 nitrogen and oxygen atoms in total. The van der Waals surface area contributed by atoms with Crippen molar-refractivity contribution in [1.82, 2.24) is 15.1 Å². The van der Waals surface area contributed by atoms with Gasteiger partial charge in [0.05, 0.1) is 10.7 Å². The zero-order valence-corrected chi connectivity index (χ0v) is 11.0. The van der Waals surface area contributed by atoms with Crippen LogP contribution in [0.25, 0.3) is 11.4 Å². The van der Waals surface area contributed by atoms with Crippen LogP contribution in [0.5, 0.6) is 0 Å². The Labute approximate surface area is 114 Å². The smallest absolute Gasteiger partial charge is 0.197 e. The highest BCUT2D eigenvalue weighted by molar-refractivity contribution is 6.31. The molecule has 0 radical (unpaired) electrons. The van der Waals surface area contributed by atoms with E-state index in [1.165, 1.54) is 10.9 Å². The highest BCUT2D eigenvalue weighted by Gasteiger charge is 2.08. The van der Waals surface area contributed by atoms with Crippen molar-refractivity contribution in [3.8, 4) is 11.4 Å². The lowest BCUT2D eigenvalue weighted by atomic mass is 10.3. The summed E-state index contributed by atoms with van der Waals surface area (Å²) in [6.07, 6.45) is 4.72. The average Bonchev–Trinajstić information content (AvgIpc) is 2.40. The molecule has 0 aliphatic carbocycles. The van der Waals surface area contributed by atoms with Crippen LogP contribution in [0, 0.1) is 6.92 Å². The molecule has 2 heterocycles. The Balaban J connectivity index is 2.17. The van der Waals surface area contributed by atoms with Crippen molar-refractivity contribution in [3.05, 3.63) is 35.4 Å². The van der Waals surface area contributed by atoms with Gasteiger partial charge in [0.1, 0.15) is 6.20 Å². The summed E-state index contributed by atoms with van der Waals surface area (Å²) in [6, 6.07) is 1.77. The Kier molecular flexibility index (Phi) is 4.01. The van der Waals surface area contributed by atoms with Gasteiger partial charge in [-0.3, -0.25) is 0 Å². The number of halogens is 1. The average molecular weight is 279 g/mol. The zero-order chi connectivity index (χ0) is 13.8. The van der Waals surface area contributed by atoms with E-state index in [1.807, 2.05) is 0 Å². The predicted molar refractivity (Wildman–Crippen MR) is 64.8 cm³/mol. The molecule has 0 amide bonds. The van der Waals surface area contributed by atoms with E-state index >= 15 is 0 Å². The molecule has 0 unspecified atom stereocenters. The van der Waals surface area contributed by atoms with Crippen LogP contribution in [0.2, 0.25) is 5.02 Å². The van der Waals surface area contributed by atoms with Gasteiger partial charge in [0.2, 0.25) is 0 Å². The standard InChI is InChI=1S/C12H11ClN4O2/c1-8-10(13)7-14-12(16-8)9-2-4-17(15-6-9)5-3-11(18)19/h2,4,6-7H,3,5H2,1H3. The molecule has 2 rings (SSSR count). The first-order chi connectivity index (χ1) is 9.06. The van der Waals surface area contributed by atoms with Crippen LogP contribution in [-0.2, 0) is 11.3 Å². The molecular formula is C12H11ClN4O2. The number of carbonyl (C=O) groups excluding carboxylic acids is 1. The quantitative estimate of drug-likeness (QED) is 0.731. The fourth-order valence-corrected chi connectivity index (χ4v) is 1.54. The molecule has 0 aliphatic heterocycles. The summed E-state index contributed by atoms with van der Waals surface area (Å²) in [5.74, 6) is -0.573. The third kappa shape index (κ3) is 3.45. The van der Waals surface area contributed by atoms with Gasteiger partial charge in [-0.1, -0.05) is 16.3 Å². The van der Waals surface area contributed by atoms with Gasteiger partial charge in [-0.25, -0.2) is 9.97 Å². The highest BCUT2D eigenvalue weighted by Crippen LogP contribution is 2.16. The predicted octanol–water partition coefficient (Wildman–Crippen LogP) is -0.0721. The second-order valence-electron chi connectivity index (χ2n) is 3.93. The Morgan fingerprint density at radius 2 is 2.26 bits per heavy atom. The molecular weight excluding hydrogens is 268 g/mol. The maximum Gasteiger partial charge on any atom is 0.197 e. The van der Waals surface area contributed by atoms with Gasteiger partial charge < -0.3 is 9.90 Å². The molecule has 0 saturated heterocycles. The minimum atomic E-state index is -1.10. The SMILES string of the molecule is Cc1nc(-c2cc[n+](CCC(=O)[O-])nc2)ncc1Cl. The van der Waals surface area contributed by atoms with E-state index in [4.69, 9.17) is 11.6 Å². The van der Waals surface area contributed by atoms with Crippen molar-refractivity contribution in [2.75, 3.05) is 0 Å².